The molecule has 4 heteroatoms. The maximum Gasteiger partial charge on any atom is 0.0825 e. The molecule has 1 fully saturated rings. The summed E-state index contributed by atoms with van der Waals surface area (Å²) in [5.41, 5.74) is 1.04. The van der Waals surface area contributed by atoms with Crippen LogP contribution in [-0.4, -0.2) is 25.7 Å². The average molecular weight is 245 g/mol. The Labute approximate surface area is 100 Å². The Morgan fingerprint density at radius 3 is 2.93 bits per heavy atom. The molecule has 1 N–H and O–H groups in total. The van der Waals surface area contributed by atoms with Crippen LogP contribution in [0, 0.1) is 0 Å². The number of anilines is 1. The third-order valence-electron chi connectivity index (χ3n) is 2.74. The molecule has 0 bridgehead atoms. The number of hydrogen-bond acceptors (Lipinski definition) is 2. The fourth-order valence-corrected chi connectivity index (χ4v) is 2.32. The monoisotopic (exact) mass is 244 g/mol. The van der Waals surface area contributed by atoms with Crippen LogP contribution < -0.4 is 10.2 Å². The number of rotatable bonds is 1. The van der Waals surface area contributed by atoms with Gasteiger partial charge in [-0.25, -0.2) is 0 Å². The van der Waals surface area contributed by atoms with E-state index >= 15 is 0 Å². The lowest BCUT2D eigenvalue weighted by Gasteiger charge is -2.36. The van der Waals surface area contributed by atoms with E-state index in [4.69, 9.17) is 23.2 Å². The molecule has 1 saturated heterocycles. The highest BCUT2D eigenvalue weighted by molar-refractivity contribution is 6.43. The summed E-state index contributed by atoms with van der Waals surface area (Å²) in [5, 5.41) is 4.64. The van der Waals surface area contributed by atoms with Gasteiger partial charge in [0.2, 0.25) is 0 Å². The minimum Gasteiger partial charge on any atom is -0.365 e. The lowest BCUT2D eigenvalue weighted by Crippen LogP contribution is -2.50. The Morgan fingerprint density at radius 2 is 2.20 bits per heavy atom. The van der Waals surface area contributed by atoms with Crippen LogP contribution in [0.15, 0.2) is 18.2 Å². The van der Waals surface area contributed by atoms with Crippen molar-refractivity contribution < 1.29 is 0 Å². The third-order valence-corrected chi connectivity index (χ3v) is 3.55. The number of nitrogens with zero attached hydrogens (tertiary/aromatic N) is 1. The zero-order chi connectivity index (χ0) is 10.8. The standard InChI is InChI=1S/C11H14Cl2N2/c1-8-7-14-5-6-15(8)10-4-2-3-9(12)11(10)13/h2-4,8,14H,5-7H2,1H3/t8-/m1/s1. The predicted molar refractivity (Wildman–Crippen MR) is 66.1 cm³/mol. The Morgan fingerprint density at radius 1 is 1.40 bits per heavy atom. The second-order valence-corrected chi connectivity index (χ2v) is 4.60. The molecule has 2 nitrogen and oxygen atoms in total. The van der Waals surface area contributed by atoms with Crippen LogP contribution in [0.2, 0.25) is 10.0 Å². The van der Waals surface area contributed by atoms with Crippen LogP contribution in [0.25, 0.3) is 0 Å². The van der Waals surface area contributed by atoms with Gasteiger partial charge in [-0.3, -0.25) is 0 Å². The van der Waals surface area contributed by atoms with Gasteiger partial charge in [0.25, 0.3) is 0 Å². The summed E-state index contributed by atoms with van der Waals surface area (Å²) >= 11 is 12.2. The summed E-state index contributed by atoms with van der Waals surface area (Å²) in [5.74, 6) is 0. The Hall–Kier alpha value is -0.440. The lowest BCUT2D eigenvalue weighted by atomic mass is 10.2. The van der Waals surface area contributed by atoms with E-state index in [1.165, 1.54) is 0 Å². The first kappa shape index (κ1) is 11.1. The molecular formula is C11H14Cl2N2. The van der Waals surface area contributed by atoms with Gasteiger partial charge in [-0.2, -0.15) is 0 Å². The molecule has 1 heterocycles. The van der Waals surface area contributed by atoms with Crippen LogP contribution in [0.4, 0.5) is 5.69 Å². The highest BCUT2D eigenvalue weighted by atomic mass is 35.5. The van der Waals surface area contributed by atoms with Crippen molar-refractivity contribution in [1.82, 2.24) is 5.32 Å². The maximum absolute atomic E-state index is 6.20. The number of benzene rings is 1. The maximum atomic E-state index is 6.20. The fourth-order valence-electron chi connectivity index (χ4n) is 1.91. The number of nitrogens with one attached hydrogen (secondary N) is 1. The first-order chi connectivity index (χ1) is 7.20. The summed E-state index contributed by atoms with van der Waals surface area (Å²) in [6.45, 7) is 5.14. The second-order valence-electron chi connectivity index (χ2n) is 3.82. The highest BCUT2D eigenvalue weighted by Gasteiger charge is 2.20. The SMILES string of the molecule is C[C@@H]1CNCCN1c1cccc(Cl)c1Cl. The van der Waals surface area contributed by atoms with Crippen LogP contribution >= 0.6 is 23.2 Å². The number of halogens is 2. The van der Waals surface area contributed by atoms with Crippen molar-refractivity contribution >= 4 is 28.9 Å². The van der Waals surface area contributed by atoms with Crippen LogP contribution in [0.5, 0.6) is 0 Å². The molecule has 0 aromatic heterocycles. The summed E-state index contributed by atoms with van der Waals surface area (Å²) < 4.78 is 0. The van der Waals surface area contributed by atoms with Crippen LogP contribution in [0.1, 0.15) is 6.92 Å². The molecule has 1 atom stereocenters. The molecule has 0 spiro atoms. The first-order valence-electron chi connectivity index (χ1n) is 5.11. The second kappa shape index (κ2) is 4.60. The smallest absolute Gasteiger partial charge is 0.0825 e. The summed E-state index contributed by atoms with van der Waals surface area (Å²) in [6, 6.07) is 6.24. The van der Waals surface area contributed by atoms with Gasteiger partial charge in [-0.1, -0.05) is 29.3 Å². The Kier molecular flexibility index (Phi) is 3.39. The molecule has 0 saturated carbocycles. The van der Waals surface area contributed by atoms with Crippen molar-refractivity contribution in [3.63, 3.8) is 0 Å². The van der Waals surface area contributed by atoms with Crippen LogP contribution in [0.3, 0.4) is 0 Å². The van der Waals surface area contributed by atoms with Gasteiger partial charge in [0.05, 0.1) is 15.7 Å². The van der Waals surface area contributed by atoms with Gasteiger partial charge in [-0.15, -0.1) is 0 Å². The van der Waals surface area contributed by atoms with E-state index in [0.717, 1.165) is 25.3 Å². The predicted octanol–water partition coefficient (Wildman–Crippen LogP) is 2.79. The highest BCUT2D eigenvalue weighted by Crippen LogP contribution is 2.33. The molecule has 0 amide bonds. The van der Waals surface area contributed by atoms with Gasteiger partial charge in [0.15, 0.2) is 0 Å². The topological polar surface area (TPSA) is 15.3 Å². The van der Waals surface area contributed by atoms with Gasteiger partial charge in [0, 0.05) is 25.7 Å². The Bertz CT molecular complexity index is 354. The van der Waals surface area contributed by atoms with Crippen molar-refractivity contribution in [3.8, 4) is 0 Å². The quantitative estimate of drug-likeness (QED) is 0.818. The van der Waals surface area contributed by atoms with Crippen molar-refractivity contribution in [2.75, 3.05) is 24.5 Å². The first-order valence-corrected chi connectivity index (χ1v) is 5.87. The van der Waals surface area contributed by atoms with E-state index in [-0.39, 0.29) is 0 Å². The molecule has 15 heavy (non-hydrogen) atoms. The molecule has 0 radical (unpaired) electrons. The minimum absolute atomic E-state index is 0.453. The molecule has 2 rings (SSSR count). The summed E-state index contributed by atoms with van der Waals surface area (Å²) in [6.07, 6.45) is 0. The molecule has 1 aromatic carbocycles. The fraction of sp³-hybridized carbons (Fsp3) is 0.455. The van der Waals surface area contributed by atoms with Crippen molar-refractivity contribution in [2.24, 2.45) is 0 Å². The molecule has 82 valence electrons. The van der Waals surface area contributed by atoms with E-state index < -0.39 is 0 Å². The van der Waals surface area contributed by atoms with E-state index in [0.29, 0.717) is 16.1 Å². The normalized spacial score (nSPS) is 21.8. The molecule has 1 aliphatic heterocycles. The molecule has 1 aromatic rings. The molecule has 1 aliphatic rings. The molecule has 0 aliphatic carbocycles. The van der Waals surface area contributed by atoms with Gasteiger partial charge >= 0.3 is 0 Å². The average Bonchev–Trinajstić information content (AvgIpc) is 2.23. The molecular weight excluding hydrogens is 231 g/mol. The number of hydrogen-bond donors (Lipinski definition) is 1. The van der Waals surface area contributed by atoms with E-state index in [9.17, 15) is 0 Å². The largest absolute Gasteiger partial charge is 0.365 e. The van der Waals surface area contributed by atoms with Crippen molar-refractivity contribution in [1.29, 1.82) is 0 Å². The van der Waals surface area contributed by atoms with E-state index in [1.54, 1.807) is 0 Å². The van der Waals surface area contributed by atoms with Gasteiger partial charge < -0.3 is 10.2 Å². The minimum atomic E-state index is 0.453. The zero-order valence-electron chi connectivity index (χ0n) is 8.63. The van der Waals surface area contributed by atoms with Crippen LogP contribution in [-0.2, 0) is 0 Å². The third kappa shape index (κ3) is 2.22. The van der Waals surface area contributed by atoms with E-state index in [2.05, 4.69) is 17.1 Å². The lowest BCUT2D eigenvalue weighted by molar-refractivity contribution is 0.501. The van der Waals surface area contributed by atoms with Crippen molar-refractivity contribution in [3.05, 3.63) is 28.2 Å². The number of piperazine rings is 1. The summed E-state index contributed by atoms with van der Waals surface area (Å²) in [7, 11) is 0. The van der Waals surface area contributed by atoms with Crippen molar-refractivity contribution in [2.45, 2.75) is 13.0 Å². The summed E-state index contributed by atoms with van der Waals surface area (Å²) in [4.78, 5) is 2.30. The van der Waals surface area contributed by atoms with Gasteiger partial charge in [0.1, 0.15) is 0 Å². The Balaban J connectivity index is 2.31. The molecule has 0 unspecified atom stereocenters. The van der Waals surface area contributed by atoms with Gasteiger partial charge in [-0.05, 0) is 19.1 Å². The zero-order valence-corrected chi connectivity index (χ0v) is 10.1. The van der Waals surface area contributed by atoms with E-state index in [1.807, 2.05) is 18.2 Å².